The molecular weight excluding hydrogens is 537 g/mol. The van der Waals surface area contributed by atoms with E-state index >= 15 is 0 Å². The van der Waals surface area contributed by atoms with Gasteiger partial charge in [0, 0.05) is 30.1 Å². The summed E-state index contributed by atoms with van der Waals surface area (Å²) in [5.74, 6) is 0.755. The minimum atomic E-state index is -0.246. The average Bonchev–Trinajstić information content (AvgIpc) is 3.24. The third-order valence-electron chi connectivity index (χ3n) is 7.48. The normalized spacial score (nSPS) is 24.2. The predicted molar refractivity (Wildman–Crippen MR) is 147 cm³/mol. The van der Waals surface area contributed by atoms with Crippen LogP contribution in [0.15, 0.2) is 18.3 Å². The van der Waals surface area contributed by atoms with Crippen LogP contribution in [0.1, 0.15) is 57.4 Å². The molecule has 2 heterocycles. The third-order valence-corrected chi connectivity index (χ3v) is 8.30. The van der Waals surface area contributed by atoms with E-state index < -0.39 is 0 Å². The summed E-state index contributed by atoms with van der Waals surface area (Å²) in [5.41, 5.74) is 7.44. The molecule has 0 unspecified atom stereocenters. The Bertz CT molecular complexity index is 1260. The van der Waals surface area contributed by atoms with Crippen molar-refractivity contribution in [2.45, 2.75) is 69.6 Å². The fourth-order valence-corrected chi connectivity index (χ4v) is 6.32. The Labute approximate surface area is 230 Å². The molecule has 2 fully saturated rings. The molecule has 5 rings (SSSR count). The molecule has 2 saturated carbocycles. The smallest absolute Gasteiger partial charge is 0.224 e. The number of anilines is 3. The zero-order chi connectivity index (χ0) is 26.1. The van der Waals surface area contributed by atoms with E-state index in [2.05, 4.69) is 20.2 Å². The summed E-state index contributed by atoms with van der Waals surface area (Å²) >= 11 is 19.0. The second-order valence-corrected chi connectivity index (χ2v) is 11.1. The number of amides is 1. The number of rotatable bonds is 7. The Kier molecular flexibility index (Phi) is 7.95. The number of nitrogens with zero attached hydrogens (tertiary/aromatic N) is 4. The van der Waals surface area contributed by atoms with Crippen LogP contribution in [0.3, 0.4) is 0 Å². The molecule has 2 aromatic heterocycles. The molecule has 37 heavy (non-hydrogen) atoms. The first-order chi connectivity index (χ1) is 17.8. The van der Waals surface area contributed by atoms with Gasteiger partial charge in [0.05, 0.1) is 28.0 Å². The first kappa shape index (κ1) is 26.3. The van der Waals surface area contributed by atoms with E-state index in [-0.39, 0.29) is 23.9 Å². The number of primary amides is 1. The number of hydrogen-bond donors (Lipinski definition) is 3. The largest absolute Gasteiger partial charge is 0.381 e. The van der Waals surface area contributed by atoms with E-state index in [0.717, 1.165) is 38.5 Å². The summed E-state index contributed by atoms with van der Waals surface area (Å²) in [6.45, 7) is 0. The molecular formula is C25H30Cl3N7O2. The van der Waals surface area contributed by atoms with Gasteiger partial charge in [0.15, 0.2) is 5.65 Å². The van der Waals surface area contributed by atoms with Gasteiger partial charge in [0.25, 0.3) is 0 Å². The number of halogens is 3. The standard InChI is InChI=1S/C25H30Cl3N7O2/c1-37-17-8-4-15(5-9-17)31-24-30-12-20-23(34-24)35(16-6-2-13(3-7-16)22(29)36)25(32-20)33-21-18(27)10-14(26)11-19(21)28/h10-13,15-17H,2-9H2,1H3,(H2,29,36)(H,32,33)(H,30,31,34)/t13-,15-,16-,17-. The Hall–Kier alpha value is -2.33. The molecule has 0 radical (unpaired) electrons. The van der Waals surface area contributed by atoms with Crippen molar-refractivity contribution in [3.05, 3.63) is 33.4 Å². The maximum absolute atomic E-state index is 11.8. The van der Waals surface area contributed by atoms with Crippen molar-refractivity contribution in [2.75, 3.05) is 17.7 Å². The van der Waals surface area contributed by atoms with Gasteiger partial charge in [-0.05, 0) is 63.5 Å². The summed E-state index contributed by atoms with van der Waals surface area (Å²) in [6, 6.07) is 3.61. The van der Waals surface area contributed by atoms with E-state index in [4.69, 9.17) is 55.2 Å². The van der Waals surface area contributed by atoms with Gasteiger partial charge in [0.1, 0.15) is 5.52 Å². The van der Waals surface area contributed by atoms with Crippen LogP contribution in [-0.2, 0) is 9.53 Å². The molecule has 0 bridgehead atoms. The van der Waals surface area contributed by atoms with E-state index in [1.807, 2.05) is 0 Å². The summed E-state index contributed by atoms with van der Waals surface area (Å²) < 4.78 is 7.57. The van der Waals surface area contributed by atoms with Gasteiger partial charge in [-0.25, -0.2) is 9.97 Å². The second-order valence-electron chi connectivity index (χ2n) is 9.84. The molecule has 3 aromatic rings. The highest BCUT2D eigenvalue weighted by Crippen LogP contribution is 2.40. The Morgan fingerprint density at radius 1 is 1.03 bits per heavy atom. The van der Waals surface area contributed by atoms with Crippen LogP contribution in [0.5, 0.6) is 0 Å². The van der Waals surface area contributed by atoms with Crippen molar-refractivity contribution in [3.63, 3.8) is 0 Å². The molecule has 2 aliphatic carbocycles. The number of benzene rings is 1. The summed E-state index contributed by atoms with van der Waals surface area (Å²) in [7, 11) is 1.77. The van der Waals surface area contributed by atoms with Crippen molar-refractivity contribution in [2.24, 2.45) is 11.7 Å². The highest BCUT2D eigenvalue weighted by molar-refractivity contribution is 6.41. The molecule has 0 aliphatic heterocycles. The highest BCUT2D eigenvalue weighted by atomic mass is 35.5. The number of carbonyl (C=O) groups excluding carboxylic acids is 1. The topological polar surface area (TPSA) is 120 Å². The zero-order valence-corrected chi connectivity index (χ0v) is 22.8. The maximum Gasteiger partial charge on any atom is 0.224 e. The van der Waals surface area contributed by atoms with Crippen LogP contribution < -0.4 is 16.4 Å². The lowest BCUT2D eigenvalue weighted by Crippen LogP contribution is -2.30. The number of nitrogens with one attached hydrogen (secondary N) is 2. The van der Waals surface area contributed by atoms with Crippen molar-refractivity contribution >= 4 is 69.5 Å². The molecule has 0 spiro atoms. The minimum absolute atomic E-state index is 0.0628. The SMILES string of the molecule is CO[C@H]1CC[C@H](Nc2ncc3nc(Nc4c(Cl)cc(Cl)cc4Cl)n([C@H]4CC[C@H](C(N)=O)CC4)c3n2)CC1. The van der Waals surface area contributed by atoms with Gasteiger partial charge < -0.3 is 21.1 Å². The lowest BCUT2D eigenvalue weighted by atomic mass is 9.85. The number of fused-ring (bicyclic) bond motifs is 1. The number of hydrogen-bond acceptors (Lipinski definition) is 7. The first-order valence-corrected chi connectivity index (χ1v) is 13.7. The number of nitrogens with two attached hydrogens (primary N) is 1. The van der Waals surface area contributed by atoms with E-state index in [1.165, 1.54) is 0 Å². The fraction of sp³-hybridized carbons (Fsp3) is 0.520. The van der Waals surface area contributed by atoms with Gasteiger partial charge >= 0.3 is 0 Å². The van der Waals surface area contributed by atoms with Crippen molar-refractivity contribution in [1.29, 1.82) is 0 Å². The van der Waals surface area contributed by atoms with Crippen LogP contribution in [0, 0.1) is 5.92 Å². The van der Waals surface area contributed by atoms with Gasteiger partial charge in [-0.2, -0.15) is 4.98 Å². The Morgan fingerprint density at radius 2 is 1.70 bits per heavy atom. The molecule has 0 saturated heterocycles. The first-order valence-electron chi connectivity index (χ1n) is 12.6. The monoisotopic (exact) mass is 565 g/mol. The quantitative estimate of drug-likeness (QED) is 0.315. The number of aromatic nitrogens is 4. The maximum atomic E-state index is 11.8. The van der Waals surface area contributed by atoms with Gasteiger partial charge in [-0.1, -0.05) is 34.8 Å². The van der Waals surface area contributed by atoms with E-state index in [0.29, 0.717) is 62.8 Å². The second kappa shape index (κ2) is 11.2. The number of carbonyl (C=O) groups is 1. The van der Waals surface area contributed by atoms with Gasteiger partial charge in [-0.15, -0.1) is 0 Å². The van der Waals surface area contributed by atoms with Crippen molar-refractivity contribution in [1.82, 2.24) is 19.5 Å². The third kappa shape index (κ3) is 5.74. The van der Waals surface area contributed by atoms with Crippen LogP contribution in [0.25, 0.3) is 11.2 Å². The predicted octanol–water partition coefficient (Wildman–Crippen LogP) is 6.12. The zero-order valence-electron chi connectivity index (χ0n) is 20.5. The number of imidazole rings is 1. The summed E-state index contributed by atoms with van der Waals surface area (Å²) in [4.78, 5) is 26.0. The highest BCUT2D eigenvalue weighted by Gasteiger charge is 2.30. The molecule has 9 nitrogen and oxygen atoms in total. The minimum Gasteiger partial charge on any atom is -0.381 e. The van der Waals surface area contributed by atoms with Crippen LogP contribution in [0.4, 0.5) is 17.6 Å². The van der Waals surface area contributed by atoms with E-state index in [1.54, 1.807) is 25.4 Å². The summed E-state index contributed by atoms with van der Waals surface area (Å²) in [6.07, 6.45) is 9.01. The lowest BCUT2D eigenvalue weighted by Gasteiger charge is -2.29. The molecule has 12 heteroatoms. The van der Waals surface area contributed by atoms with Gasteiger partial charge in [0.2, 0.25) is 17.8 Å². The Morgan fingerprint density at radius 3 is 2.32 bits per heavy atom. The lowest BCUT2D eigenvalue weighted by molar-refractivity contribution is -0.122. The van der Waals surface area contributed by atoms with Crippen molar-refractivity contribution in [3.8, 4) is 0 Å². The molecule has 2 aliphatic rings. The molecule has 198 valence electrons. The Balaban J connectivity index is 1.48. The number of ether oxygens (including phenoxy) is 1. The summed E-state index contributed by atoms with van der Waals surface area (Å²) in [5, 5.41) is 8.01. The van der Waals surface area contributed by atoms with Crippen molar-refractivity contribution < 1.29 is 9.53 Å². The average molecular weight is 567 g/mol. The van der Waals surface area contributed by atoms with Crippen LogP contribution >= 0.6 is 34.8 Å². The molecule has 0 atom stereocenters. The molecule has 1 aromatic carbocycles. The van der Waals surface area contributed by atoms with Crippen LogP contribution in [-0.4, -0.2) is 44.7 Å². The van der Waals surface area contributed by atoms with Crippen LogP contribution in [0.2, 0.25) is 15.1 Å². The fourth-order valence-electron chi connectivity index (χ4n) is 5.41. The number of methoxy groups -OCH3 is 1. The van der Waals surface area contributed by atoms with E-state index in [9.17, 15) is 4.79 Å². The van der Waals surface area contributed by atoms with Gasteiger partial charge in [-0.3, -0.25) is 9.36 Å². The molecule has 1 amide bonds. The molecule has 4 N–H and O–H groups in total.